The van der Waals surface area contributed by atoms with Gasteiger partial charge in [0.15, 0.2) is 23.9 Å². The van der Waals surface area contributed by atoms with Crippen LogP contribution in [0.25, 0.3) is 43.5 Å². The van der Waals surface area contributed by atoms with Gasteiger partial charge in [0, 0.05) is 68.3 Å². The van der Waals surface area contributed by atoms with E-state index in [1.165, 1.54) is 30.5 Å². The largest absolute Gasteiger partial charge is 0.685 e. The molecule has 0 saturated carbocycles. The Kier molecular flexibility index (Phi) is 25.5. The fraction of sp³-hybridized carbons (Fsp3) is 0.639. The maximum absolute atomic E-state index is 14.4. The van der Waals surface area contributed by atoms with Crippen LogP contribution in [0.2, 0.25) is 0 Å². The summed E-state index contributed by atoms with van der Waals surface area (Å²) in [6.07, 6.45) is -4.86. The van der Waals surface area contributed by atoms with Crippen molar-refractivity contribution in [3.63, 3.8) is 0 Å². The van der Waals surface area contributed by atoms with Gasteiger partial charge in [-0.05, 0) is 135 Å². The Morgan fingerprint density at radius 2 is 1.28 bits per heavy atom. The number of aromatic nitrogens is 6. The molecule has 6 saturated heterocycles. The van der Waals surface area contributed by atoms with Crippen molar-refractivity contribution in [2.75, 3.05) is 18.9 Å². The van der Waals surface area contributed by atoms with Crippen LogP contribution in [-0.4, -0.2) is 181 Å². The van der Waals surface area contributed by atoms with Crippen LogP contribution in [-0.2, 0) is 73.4 Å². The number of nitrogen functional groups attached to an aromatic ring is 1. The molecule has 10 heterocycles. The zero-order valence-corrected chi connectivity index (χ0v) is 65.0. The minimum Gasteiger partial charge on any atom is -0.685 e. The van der Waals surface area contributed by atoms with Crippen LogP contribution in [0.4, 0.5) is 5.82 Å². The number of rotatable bonds is 27. The van der Waals surface area contributed by atoms with Crippen molar-refractivity contribution in [3.05, 3.63) is 105 Å². The molecule has 8 bridgehead atoms. The fourth-order valence-electron chi connectivity index (χ4n) is 18.1. The molecule has 0 aliphatic carbocycles. The summed E-state index contributed by atoms with van der Waals surface area (Å²) < 4.78 is 39.2. The normalized spacial score (nSPS) is 35.6. The Balaban J connectivity index is 0.000000623. The number of aryl methyl sites for hydroxylation is 2. The van der Waals surface area contributed by atoms with Crippen LogP contribution in [0.3, 0.4) is 0 Å². The number of carbonyl (C=O) groups is 7. The average Bonchev–Trinajstić information content (AvgIpc) is 1.53. The Labute approximate surface area is 642 Å². The summed E-state index contributed by atoms with van der Waals surface area (Å²) in [7, 11) is -5.06. The number of allylic oxidation sites excluding steroid dienone is 3. The standard InChI is InChI=1S/C62H92N13O14P.C10H12N5O3.Co/c1-29-20-39-40(21-30(29)2)75(28-70-39)57-52(84)53(41(27-76)87-57)89-90(85,86)88-31(3)26-69-49(83)18-19-59(8)37(22-46(66)80)56-62(11)61(10,25-48(68)82)36(14-17-45(65)79)51(74-62)33(5)55-60(9,24-47(67)81)34(12-15-43(63)77)38(71-55)23-42-58(6,7)35(13-16-44(64)78)50(72-42)32(4)54(59)73-56;1-4-6(16)7(17)10(18-4)15-3-14-5-8(11)12-2-13-9(5)15;/h20-21,23,28,31,34-38,41,50-53,56-57,76,84H,12-19,22,24-27H2,1-11H3,(H2,63,77)(H2,64,78)(H2,65,79)(H2,66,80)(H2,67,81)(H2,68,82)(H,69,83)(H,85,86);2-4,6-7,10,16-17H,1H2,(H2,11,12,13);/q-4;-1;/b42-23-,54-32-,55-33-;;. The Morgan fingerprint density at radius 1 is 0.697 bits per heavy atom. The predicted molar refractivity (Wildman–Crippen MR) is 394 cm³/mol. The summed E-state index contributed by atoms with van der Waals surface area (Å²) in [5, 5.41) is 66.5. The van der Waals surface area contributed by atoms with Gasteiger partial charge < -0.3 is 113 Å². The smallest absolute Gasteiger partial charge is 0.472 e. The van der Waals surface area contributed by atoms with E-state index in [0.29, 0.717) is 50.4 Å². The number of carbonyl (C=O) groups excluding carboxylic acids is 7. The van der Waals surface area contributed by atoms with E-state index in [9.17, 15) is 63.4 Å². The molecule has 7 amide bonds. The Bertz CT molecular complexity index is 4310. The number of phosphoric ester groups is 1. The van der Waals surface area contributed by atoms with Crippen LogP contribution >= 0.6 is 7.82 Å². The van der Waals surface area contributed by atoms with E-state index in [0.717, 1.165) is 11.1 Å². The van der Waals surface area contributed by atoms with Gasteiger partial charge in [0.25, 0.3) is 0 Å². The van der Waals surface area contributed by atoms with Gasteiger partial charge in [-0.2, -0.15) is 17.1 Å². The molecule has 4 aromatic rings. The number of primary amides is 6. The zero-order chi connectivity index (χ0) is 79.6. The number of fused-ring (bicyclic) bond motifs is 11. The van der Waals surface area contributed by atoms with E-state index >= 15 is 0 Å². The van der Waals surface area contributed by atoms with Crippen molar-refractivity contribution in [1.82, 2.24) is 34.4 Å². The summed E-state index contributed by atoms with van der Waals surface area (Å²) >= 11 is 0. The third-order valence-corrected chi connectivity index (χ3v) is 25.3. The molecule has 11 rings (SSSR count). The zero-order valence-electron chi connectivity index (χ0n) is 63.1. The summed E-state index contributed by atoms with van der Waals surface area (Å²) in [5.41, 5.74) is 42.8. The molecule has 1 aromatic carbocycles. The first-order chi connectivity index (χ1) is 50.4. The van der Waals surface area contributed by atoms with E-state index in [1.807, 2.05) is 87.4 Å². The van der Waals surface area contributed by atoms with Crippen LogP contribution in [0.1, 0.15) is 157 Å². The van der Waals surface area contributed by atoms with Crippen molar-refractivity contribution in [3.8, 4) is 0 Å². The van der Waals surface area contributed by atoms with E-state index < -0.39 is 186 Å². The van der Waals surface area contributed by atoms with Crippen molar-refractivity contribution >= 4 is 77.2 Å². The number of nitrogens with zero attached hydrogens (tertiary/aromatic N) is 10. The number of benzene rings is 1. The van der Waals surface area contributed by atoms with E-state index in [2.05, 4.69) is 32.2 Å². The first-order valence-electron chi connectivity index (χ1n) is 36.2. The van der Waals surface area contributed by atoms with Gasteiger partial charge in [-0.15, -0.1) is 34.8 Å². The Morgan fingerprint density at radius 3 is 1.88 bits per heavy atom. The van der Waals surface area contributed by atoms with Crippen molar-refractivity contribution in [2.45, 2.75) is 232 Å². The summed E-state index contributed by atoms with van der Waals surface area (Å²) in [4.78, 5) is 121. The molecule has 35 nitrogen and oxygen atoms in total. The third kappa shape index (κ3) is 16.5. The van der Waals surface area contributed by atoms with Gasteiger partial charge in [0.2, 0.25) is 41.4 Å². The molecule has 20 N–H and O–H groups in total. The molecule has 603 valence electrons. The minimum atomic E-state index is -5.06. The monoisotopic (exact) mass is 1580 g/mol. The number of hydrogen-bond donors (Lipinski definition) is 13. The summed E-state index contributed by atoms with van der Waals surface area (Å²) in [6, 6.07) is 0.417. The third-order valence-electron chi connectivity index (χ3n) is 24.2. The first-order valence-corrected chi connectivity index (χ1v) is 37.7. The topological polar surface area (TPSA) is 587 Å². The second-order valence-corrected chi connectivity index (χ2v) is 33.0. The number of imidazole rings is 2. The van der Waals surface area contributed by atoms with E-state index in [1.54, 1.807) is 4.57 Å². The van der Waals surface area contributed by atoms with Gasteiger partial charge in [-0.3, -0.25) is 47.2 Å². The maximum atomic E-state index is 14.4. The number of phosphoric acid groups is 1. The number of amides is 7. The molecule has 7 aliphatic rings. The van der Waals surface area contributed by atoms with Crippen LogP contribution in [0.5, 0.6) is 0 Å². The molecule has 0 spiro atoms. The number of aliphatic hydroxyl groups excluding tert-OH is 4. The van der Waals surface area contributed by atoms with Gasteiger partial charge in [0.1, 0.15) is 36.3 Å². The molecule has 109 heavy (non-hydrogen) atoms. The van der Waals surface area contributed by atoms with Gasteiger partial charge >= 0.3 is 7.82 Å². The van der Waals surface area contributed by atoms with Crippen LogP contribution < -0.4 is 45.5 Å². The number of hydrogen-bond acceptors (Lipinski definition) is 21. The minimum absolute atomic E-state index is 0. The SMILES string of the molecule is C/C1=C2/[N-]C(C(CC(N)=O)C2(C)CCC(=O)NCC(C)OP(=O)(O)OC2C(CO)OC(n3cnc4cc(C)c(C)cc43)C2O)C2(C)[N-]C(/C(C)=C3\[N-]C(/C=C4\[N-]C1C(CCC(N)=O)C4(C)C)C(CCC(N)=O)C3(C)CC(N)=O)C(CCC(N)=O)C2(C)CC(N)=O.[CH2-]C1OC(n2cnc3c(N)ncnc32)C(O)C1O.[Co]. The molecule has 37 heteroatoms. The van der Waals surface area contributed by atoms with Gasteiger partial charge in [-0.1, -0.05) is 53.6 Å². The van der Waals surface area contributed by atoms with Gasteiger partial charge in [0.05, 0.1) is 42.5 Å². The second kappa shape index (κ2) is 32.5. The van der Waals surface area contributed by atoms with Crippen molar-refractivity contribution in [1.29, 1.82) is 0 Å². The molecule has 22 atom stereocenters. The number of anilines is 1. The van der Waals surface area contributed by atoms with Gasteiger partial charge in [-0.25, -0.2) is 24.5 Å². The predicted octanol–water partition coefficient (Wildman–Crippen LogP) is 3.71. The van der Waals surface area contributed by atoms with Crippen molar-refractivity contribution in [2.24, 2.45) is 79.7 Å². The Hall–Kier alpha value is -7.71. The maximum Gasteiger partial charge on any atom is 0.472 e. The molecule has 7 aliphatic heterocycles. The van der Waals surface area contributed by atoms with Crippen molar-refractivity contribution < 1.29 is 98.7 Å². The van der Waals surface area contributed by atoms with Crippen LogP contribution in [0, 0.1) is 66.1 Å². The quantitative estimate of drug-likeness (QED) is 0.0299. The molecule has 6 fully saturated rings. The summed E-state index contributed by atoms with van der Waals surface area (Å²) in [5.74, 6) is -6.62. The second-order valence-electron chi connectivity index (χ2n) is 31.7. The molecular weight excluding hydrogens is 1480 g/mol. The number of aliphatic hydroxyl groups is 4. The van der Waals surface area contributed by atoms with E-state index in [4.69, 9.17) is 79.9 Å². The fourth-order valence-corrected chi connectivity index (χ4v) is 19.3. The molecule has 1 radical (unpaired) electrons. The number of ether oxygens (including phenoxy) is 2. The molecule has 3 aromatic heterocycles. The summed E-state index contributed by atoms with van der Waals surface area (Å²) in [6.45, 7) is 23.1. The first kappa shape index (κ1) is 85.3. The number of nitrogens with two attached hydrogens (primary N) is 7. The number of nitrogens with one attached hydrogen (secondary N) is 1. The van der Waals surface area contributed by atoms with E-state index in [-0.39, 0.29) is 99.8 Å². The molecule has 22 unspecified atom stereocenters. The molecular formula is C72H104CoN18O17P-5. The van der Waals surface area contributed by atoms with Crippen LogP contribution in [0.15, 0.2) is 65.4 Å². The average molecular weight is 1580 g/mol.